The van der Waals surface area contributed by atoms with Crippen molar-refractivity contribution in [3.05, 3.63) is 34.4 Å². The molecule has 1 aliphatic carbocycles. The number of hydrogen-bond acceptors (Lipinski definition) is 2. The lowest BCUT2D eigenvalue weighted by atomic mass is 10.1. The van der Waals surface area contributed by atoms with E-state index in [0.29, 0.717) is 0 Å². The van der Waals surface area contributed by atoms with Gasteiger partial charge in [-0.1, -0.05) is 31.3 Å². The van der Waals surface area contributed by atoms with Crippen LogP contribution >= 0.6 is 0 Å². The molecule has 126 valence electrons. The van der Waals surface area contributed by atoms with Gasteiger partial charge < -0.3 is 9.74 Å². The van der Waals surface area contributed by atoms with Crippen LogP contribution in [0.15, 0.2) is 34.4 Å². The molecule has 0 atom stereocenters. The Kier molecular flexibility index (Phi) is 5.61. The lowest BCUT2D eigenvalue weighted by Crippen LogP contribution is -2.37. The van der Waals surface area contributed by atoms with Crippen LogP contribution in [0.4, 0.5) is 0 Å². The van der Waals surface area contributed by atoms with Crippen molar-refractivity contribution < 1.29 is 4.43 Å². The molecule has 0 fully saturated rings. The zero-order valence-corrected chi connectivity index (χ0v) is 18.3. The molecule has 0 bridgehead atoms. The smallest absolute Gasteiger partial charge is 0.242 e. The van der Waals surface area contributed by atoms with Crippen molar-refractivity contribution in [1.82, 2.24) is 5.32 Å². The third-order valence-corrected chi connectivity index (χ3v) is 9.03. The molecule has 0 heterocycles. The van der Waals surface area contributed by atoms with Gasteiger partial charge in [0.2, 0.25) is 8.32 Å². The SMILES string of the molecule is CC[Si](C)(C)C(C)=C1C=C(NC(C)(C)C)C(O[Si](C)(C)C)=C1. The standard InChI is InChI=1S/C18H35NOSi2/c1-11-22(9,10)14(2)15-12-16(19-18(3,4)5)17(13-15)20-21(6,7)8/h12-13,19H,11H2,1-10H3. The highest BCUT2D eigenvalue weighted by molar-refractivity contribution is 6.84. The fourth-order valence-electron chi connectivity index (χ4n) is 2.28. The summed E-state index contributed by atoms with van der Waals surface area (Å²) >= 11 is 0. The zero-order valence-electron chi connectivity index (χ0n) is 16.3. The second kappa shape index (κ2) is 6.40. The van der Waals surface area contributed by atoms with Gasteiger partial charge in [-0.15, -0.1) is 0 Å². The van der Waals surface area contributed by atoms with Gasteiger partial charge in [0, 0.05) is 5.54 Å². The van der Waals surface area contributed by atoms with Crippen LogP contribution in [0.2, 0.25) is 38.8 Å². The van der Waals surface area contributed by atoms with Crippen LogP contribution in [0.5, 0.6) is 0 Å². The van der Waals surface area contributed by atoms with Gasteiger partial charge in [0.1, 0.15) is 5.76 Å². The Morgan fingerprint density at radius 3 is 2.05 bits per heavy atom. The first-order valence-corrected chi connectivity index (χ1v) is 15.0. The molecule has 0 aromatic carbocycles. The maximum absolute atomic E-state index is 6.33. The quantitative estimate of drug-likeness (QED) is 0.660. The van der Waals surface area contributed by atoms with Crippen LogP contribution in [0.25, 0.3) is 0 Å². The minimum atomic E-state index is -1.62. The van der Waals surface area contributed by atoms with Gasteiger partial charge in [-0.05, 0) is 65.1 Å². The highest BCUT2D eigenvalue weighted by Gasteiger charge is 2.28. The molecule has 1 N–H and O–H groups in total. The minimum Gasteiger partial charge on any atom is -0.543 e. The van der Waals surface area contributed by atoms with Crippen LogP contribution in [0, 0.1) is 0 Å². The summed E-state index contributed by atoms with van der Waals surface area (Å²) in [5.41, 5.74) is 2.54. The van der Waals surface area contributed by atoms with E-state index in [4.69, 9.17) is 4.43 Å². The first kappa shape index (κ1) is 19.3. The van der Waals surface area contributed by atoms with E-state index >= 15 is 0 Å². The predicted molar refractivity (Wildman–Crippen MR) is 104 cm³/mol. The molecular weight excluding hydrogens is 302 g/mol. The van der Waals surface area contributed by atoms with E-state index in [9.17, 15) is 0 Å². The van der Waals surface area contributed by atoms with Gasteiger partial charge >= 0.3 is 0 Å². The number of rotatable bonds is 5. The van der Waals surface area contributed by atoms with Gasteiger partial charge in [0.25, 0.3) is 0 Å². The van der Waals surface area contributed by atoms with Gasteiger partial charge in [0.05, 0.1) is 13.8 Å². The molecule has 0 saturated heterocycles. The summed E-state index contributed by atoms with van der Waals surface area (Å²) in [6, 6.07) is 1.27. The topological polar surface area (TPSA) is 21.3 Å². The van der Waals surface area contributed by atoms with E-state index in [0.717, 1.165) is 11.5 Å². The van der Waals surface area contributed by atoms with Crippen molar-refractivity contribution in [1.29, 1.82) is 0 Å². The summed E-state index contributed by atoms with van der Waals surface area (Å²) in [7, 11) is -2.92. The van der Waals surface area contributed by atoms with Gasteiger partial charge in [-0.2, -0.15) is 0 Å². The average Bonchev–Trinajstić information content (AvgIpc) is 2.66. The highest BCUT2D eigenvalue weighted by atomic mass is 28.4. The van der Waals surface area contributed by atoms with Crippen molar-refractivity contribution in [2.24, 2.45) is 0 Å². The lowest BCUT2D eigenvalue weighted by molar-refractivity contribution is 0.399. The second-order valence-electron chi connectivity index (χ2n) is 8.97. The van der Waals surface area contributed by atoms with E-state index < -0.39 is 16.4 Å². The predicted octanol–water partition coefficient (Wildman–Crippen LogP) is 5.59. The summed E-state index contributed by atoms with van der Waals surface area (Å²) in [5.74, 6) is 1.03. The van der Waals surface area contributed by atoms with Crippen molar-refractivity contribution in [2.75, 3.05) is 0 Å². The van der Waals surface area contributed by atoms with E-state index in [1.165, 1.54) is 11.6 Å². The highest BCUT2D eigenvalue weighted by Crippen LogP contribution is 2.32. The molecular formula is C18H35NOSi2. The Balaban J connectivity index is 3.26. The Bertz CT molecular complexity index is 480. The molecule has 0 unspecified atom stereocenters. The van der Waals surface area contributed by atoms with Gasteiger partial charge in [-0.25, -0.2) is 0 Å². The molecule has 0 aromatic heterocycles. The Labute approximate surface area is 139 Å². The molecule has 4 heteroatoms. The molecule has 0 aromatic rings. The van der Waals surface area contributed by atoms with Crippen LogP contribution in [0.1, 0.15) is 34.6 Å². The summed E-state index contributed by atoms with van der Waals surface area (Å²) in [5, 5.41) is 5.18. The molecule has 0 radical (unpaired) electrons. The van der Waals surface area contributed by atoms with Crippen LogP contribution in [-0.4, -0.2) is 21.9 Å². The summed E-state index contributed by atoms with van der Waals surface area (Å²) < 4.78 is 6.33. The molecule has 0 spiro atoms. The van der Waals surface area contributed by atoms with Crippen LogP contribution in [-0.2, 0) is 4.43 Å². The Hall–Kier alpha value is -0.746. The van der Waals surface area contributed by atoms with E-state index in [1.807, 2.05) is 0 Å². The average molecular weight is 338 g/mol. The first-order valence-electron chi connectivity index (χ1n) is 8.37. The van der Waals surface area contributed by atoms with E-state index in [1.54, 1.807) is 5.20 Å². The maximum atomic E-state index is 6.33. The first-order chi connectivity index (χ1) is 9.75. The summed E-state index contributed by atoms with van der Waals surface area (Å²) in [6.07, 6.45) is 4.55. The number of hydrogen-bond donors (Lipinski definition) is 1. The summed E-state index contributed by atoms with van der Waals surface area (Å²) in [6.45, 7) is 22.8. The molecule has 0 saturated carbocycles. The summed E-state index contributed by atoms with van der Waals surface area (Å²) in [4.78, 5) is 0. The van der Waals surface area contributed by atoms with Crippen LogP contribution < -0.4 is 5.32 Å². The third-order valence-electron chi connectivity index (χ3n) is 4.11. The van der Waals surface area contributed by atoms with E-state index in [-0.39, 0.29) is 5.54 Å². The zero-order chi connectivity index (χ0) is 17.3. The maximum Gasteiger partial charge on any atom is 0.242 e. The molecule has 0 amide bonds. The normalized spacial score (nSPS) is 18.8. The number of allylic oxidation sites excluding steroid dienone is 4. The molecule has 0 aliphatic heterocycles. The largest absolute Gasteiger partial charge is 0.543 e. The van der Waals surface area contributed by atoms with Crippen molar-refractivity contribution in [2.45, 2.75) is 78.9 Å². The lowest BCUT2D eigenvalue weighted by Gasteiger charge is -2.27. The molecule has 22 heavy (non-hydrogen) atoms. The third kappa shape index (κ3) is 5.47. The monoisotopic (exact) mass is 337 g/mol. The Morgan fingerprint density at radius 1 is 1.09 bits per heavy atom. The van der Waals surface area contributed by atoms with Gasteiger partial charge in [0.15, 0.2) is 0 Å². The fraction of sp³-hybridized carbons (Fsp3) is 0.667. The number of nitrogens with one attached hydrogen (secondary N) is 1. The second-order valence-corrected chi connectivity index (χ2v) is 18.6. The minimum absolute atomic E-state index is 0.0365. The van der Waals surface area contributed by atoms with Crippen LogP contribution in [0.3, 0.4) is 0 Å². The van der Waals surface area contributed by atoms with Crippen molar-refractivity contribution in [3.63, 3.8) is 0 Å². The molecule has 2 nitrogen and oxygen atoms in total. The molecule has 1 aliphatic rings. The molecule has 1 rings (SSSR count). The van der Waals surface area contributed by atoms with E-state index in [2.05, 4.69) is 84.8 Å². The fourth-order valence-corrected chi connectivity index (χ4v) is 4.56. The Morgan fingerprint density at radius 2 is 1.64 bits per heavy atom. The van der Waals surface area contributed by atoms with Crippen molar-refractivity contribution in [3.8, 4) is 0 Å². The van der Waals surface area contributed by atoms with Crippen molar-refractivity contribution >= 4 is 16.4 Å². The van der Waals surface area contributed by atoms with Gasteiger partial charge in [-0.3, -0.25) is 0 Å².